The van der Waals surface area contributed by atoms with Crippen molar-refractivity contribution in [3.63, 3.8) is 0 Å². The van der Waals surface area contributed by atoms with Crippen LogP contribution in [0.1, 0.15) is 26.7 Å². The number of methoxy groups -OCH3 is 2. The molecule has 0 aromatic rings. The van der Waals surface area contributed by atoms with Crippen LogP contribution >= 0.6 is 0 Å². The van der Waals surface area contributed by atoms with Crippen LogP contribution in [0.4, 0.5) is 0 Å². The lowest BCUT2D eigenvalue weighted by atomic mass is 10.0. The number of ether oxygens (including phenoxy) is 2. The zero-order valence-electron chi connectivity index (χ0n) is 11.2. The second kappa shape index (κ2) is 8.98. The van der Waals surface area contributed by atoms with Gasteiger partial charge >= 0.3 is 11.9 Å². The molecule has 0 amide bonds. The highest BCUT2D eigenvalue weighted by Crippen LogP contribution is 2.10. The van der Waals surface area contributed by atoms with E-state index in [2.05, 4.69) is 23.3 Å². The maximum Gasteiger partial charge on any atom is 0.319 e. The first-order valence-corrected chi connectivity index (χ1v) is 5.93. The third-order valence-corrected chi connectivity index (χ3v) is 2.83. The van der Waals surface area contributed by atoms with Crippen LogP contribution in [0, 0.1) is 5.92 Å². The van der Waals surface area contributed by atoms with Crippen molar-refractivity contribution >= 4 is 11.9 Å². The minimum Gasteiger partial charge on any atom is -0.468 e. The largest absolute Gasteiger partial charge is 0.468 e. The molecule has 0 spiro atoms. The van der Waals surface area contributed by atoms with Gasteiger partial charge in [0.25, 0.3) is 0 Å². The zero-order chi connectivity index (χ0) is 13.3. The number of carbonyl (C=O) groups excluding carboxylic acids is 2. The van der Waals surface area contributed by atoms with Crippen molar-refractivity contribution in [2.45, 2.75) is 26.7 Å². The molecule has 0 unspecified atom stereocenters. The third kappa shape index (κ3) is 6.94. The Morgan fingerprint density at radius 3 is 1.71 bits per heavy atom. The molecule has 0 saturated heterocycles. The van der Waals surface area contributed by atoms with Crippen molar-refractivity contribution < 1.29 is 19.1 Å². The molecule has 0 rings (SSSR count). The van der Waals surface area contributed by atoms with Gasteiger partial charge in [0.05, 0.1) is 27.3 Å². The summed E-state index contributed by atoms with van der Waals surface area (Å²) >= 11 is 0. The molecule has 0 radical (unpaired) electrons. The van der Waals surface area contributed by atoms with Crippen LogP contribution in [0.25, 0.3) is 0 Å². The normalized spacial score (nSPS) is 10.7. The molecule has 0 atom stereocenters. The third-order valence-electron chi connectivity index (χ3n) is 2.83. The lowest BCUT2D eigenvalue weighted by molar-refractivity contribution is -0.145. The van der Waals surface area contributed by atoms with Crippen LogP contribution in [0.15, 0.2) is 0 Å². The summed E-state index contributed by atoms with van der Waals surface area (Å²) < 4.78 is 9.22. The fourth-order valence-corrected chi connectivity index (χ4v) is 1.59. The molecule has 0 fully saturated rings. The van der Waals surface area contributed by atoms with Crippen molar-refractivity contribution in [3.8, 4) is 0 Å². The van der Waals surface area contributed by atoms with E-state index in [9.17, 15) is 9.59 Å². The molecule has 0 bridgehead atoms. The minimum atomic E-state index is -0.333. The van der Waals surface area contributed by atoms with E-state index in [0.717, 1.165) is 12.8 Å². The highest BCUT2D eigenvalue weighted by atomic mass is 16.5. The van der Waals surface area contributed by atoms with Gasteiger partial charge < -0.3 is 9.47 Å². The van der Waals surface area contributed by atoms with E-state index in [4.69, 9.17) is 0 Å². The van der Waals surface area contributed by atoms with Crippen LogP contribution in [0.5, 0.6) is 0 Å². The number of carbonyl (C=O) groups is 2. The summed E-state index contributed by atoms with van der Waals surface area (Å²) in [6.45, 7) is 5.16. The summed E-state index contributed by atoms with van der Waals surface area (Å²) in [5.74, 6) is -0.191. The van der Waals surface area contributed by atoms with Crippen molar-refractivity contribution in [1.82, 2.24) is 4.90 Å². The minimum absolute atomic E-state index is 0.127. The quantitative estimate of drug-likeness (QED) is 0.599. The number of nitrogens with zero attached hydrogens (tertiary/aromatic N) is 1. The van der Waals surface area contributed by atoms with Crippen LogP contribution in [-0.4, -0.2) is 50.7 Å². The second-order valence-corrected chi connectivity index (χ2v) is 4.00. The molecule has 5 heteroatoms. The maximum atomic E-state index is 11.2. The van der Waals surface area contributed by atoms with E-state index in [1.165, 1.54) is 14.2 Å². The standard InChI is InChI=1S/C12H23NO4/c1-5-10(6-2)7-13(8-11(14)16-3)9-12(15)17-4/h10H,5-9H2,1-4H3. The molecule has 0 aliphatic heterocycles. The average Bonchev–Trinajstić information content (AvgIpc) is 2.34. The Bertz CT molecular complexity index is 221. The molecule has 0 heterocycles. The molecule has 0 N–H and O–H groups in total. The smallest absolute Gasteiger partial charge is 0.319 e. The highest BCUT2D eigenvalue weighted by Gasteiger charge is 2.18. The van der Waals surface area contributed by atoms with E-state index < -0.39 is 0 Å². The van der Waals surface area contributed by atoms with E-state index in [0.29, 0.717) is 12.5 Å². The lowest BCUT2D eigenvalue weighted by Crippen LogP contribution is -2.38. The van der Waals surface area contributed by atoms with Gasteiger partial charge in [0, 0.05) is 6.54 Å². The van der Waals surface area contributed by atoms with Crippen molar-refractivity contribution in [2.75, 3.05) is 33.9 Å². The number of rotatable bonds is 8. The van der Waals surface area contributed by atoms with Gasteiger partial charge in [0.1, 0.15) is 0 Å². The summed E-state index contributed by atoms with van der Waals surface area (Å²) in [5, 5.41) is 0. The average molecular weight is 245 g/mol. The Kier molecular flexibility index (Phi) is 8.40. The zero-order valence-corrected chi connectivity index (χ0v) is 11.2. The number of hydrogen-bond donors (Lipinski definition) is 0. The molecule has 100 valence electrons. The summed E-state index contributed by atoms with van der Waals surface area (Å²) in [6.07, 6.45) is 2.05. The maximum absolute atomic E-state index is 11.2. The lowest BCUT2D eigenvalue weighted by Gasteiger charge is -2.24. The van der Waals surface area contributed by atoms with Gasteiger partial charge in [-0.1, -0.05) is 26.7 Å². The van der Waals surface area contributed by atoms with E-state index in [1.807, 2.05) is 0 Å². The van der Waals surface area contributed by atoms with Crippen LogP contribution in [0.2, 0.25) is 0 Å². The second-order valence-electron chi connectivity index (χ2n) is 4.00. The molecule has 0 aliphatic rings. The van der Waals surface area contributed by atoms with Crippen molar-refractivity contribution in [1.29, 1.82) is 0 Å². The summed E-state index contributed by atoms with van der Waals surface area (Å²) in [6, 6.07) is 0. The van der Waals surface area contributed by atoms with Gasteiger partial charge in [-0.25, -0.2) is 0 Å². The monoisotopic (exact) mass is 245 g/mol. The summed E-state index contributed by atoms with van der Waals surface area (Å²) in [4.78, 5) is 24.2. The predicted octanol–water partition coefficient (Wildman–Crippen LogP) is 1.07. The van der Waals surface area contributed by atoms with E-state index in [1.54, 1.807) is 4.90 Å². The molecule has 0 aromatic heterocycles. The van der Waals surface area contributed by atoms with Gasteiger partial charge in [-0.2, -0.15) is 0 Å². The van der Waals surface area contributed by atoms with Crippen molar-refractivity contribution in [2.24, 2.45) is 5.92 Å². The highest BCUT2D eigenvalue weighted by molar-refractivity contribution is 5.74. The molecule has 0 aromatic carbocycles. The Morgan fingerprint density at radius 1 is 1.00 bits per heavy atom. The van der Waals surface area contributed by atoms with E-state index >= 15 is 0 Å². The van der Waals surface area contributed by atoms with Crippen LogP contribution < -0.4 is 0 Å². The predicted molar refractivity (Wildman–Crippen MR) is 64.5 cm³/mol. The Hall–Kier alpha value is -1.10. The first kappa shape index (κ1) is 15.9. The summed E-state index contributed by atoms with van der Waals surface area (Å²) in [5.41, 5.74) is 0. The fourth-order valence-electron chi connectivity index (χ4n) is 1.59. The molecular weight excluding hydrogens is 222 g/mol. The van der Waals surface area contributed by atoms with Crippen LogP contribution in [-0.2, 0) is 19.1 Å². The van der Waals surface area contributed by atoms with Crippen LogP contribution in [0.3, 0.4) is 0 Å². The fraction of sp³-hybridized carbons (Fsp3) is 0.833. The Balaban J connectivity index is 4.37. The Morgan fingerprint density at radius 2 is 1.41 bits per heavy atom. The first-order valence-electron chi connectivity index (χ1n) is 5.93. The molecular formula is C12H23NO4. The Labute approximate surface area is 103 Å². The molecule has 0 aliphatic carbocycles. The van der Waals surface area contributed by atoms with Gasteiger partial charge in [0.2, 0.25) is 0 Å². The SMILES string of the molecule is CCC(CC)CN(CC(=O)OC)CC(=O)OC. The topological polar surface area (TPSA) is 55.8 Å². The molecule has 17 heavy (non-hydrogen) atoms. The van der Waals surface area contributed by atoms with Gasteiger partial charge in [-0.3, -0.25) is 14.5 Å². The molecule has 0 saturated carbocycles. The van der Waals surface area contributed by atoms with Gasteiger partial charge in [0.15, 0.2) is 0 Å². The van der Waals surface area contributed by atoms with E-state index in [-0.39, 0.29) is 25.0 Å². The first-order chi connectivity index (χ1) is 8.07. The molecule has 5 nitrogen and oxygen atoms in total. The number of esters is 2. The number of hydrogen-bond acceptors (Lipinski definition) is 5. The summed E-state index contributed by atoms with van der Waals surface area (Å²) in [7, 11) is 2.69. The van der Waals surface area contributed by atoms with Crippen molar-refractivity contribution in [3.05, 3.63) is 0 Å². The van der Waals surface area contributed by atoms with Gasteiger partial charge in [-0.05, 0) is 5.92 Å². The van der Waals surface area contributed by atoms with Gasteiger partial charge in [-0.15, -0.1) is 0 Å².